The average molecular weight is 290 g/mol. The van der Waals surface area contributed by atoms with E-state index in [-0.39, 0.29) is 28.5 Å². The van der Waals surface area contributed by atoms with Crippen LogP contribution in [-0.2, 0) is 0 Å². The topological polar surface area (TPSA) is 112 Å². The number of pyridine rings is 1. The highest BCUT2D eigenvalue weighted by molar-refractivity contribution is 5.87. The summed E-state index contributed by atoms with van der Waals surface area (Å²) in [5.41, 5.74) is -0.432. The largest absolute Gasteiger partial charge is 0.490 e. The van der Waals surface area contributed by atoms with Gasteiger partial charge in [-0.15, -0.1) is 0 Å². The van der Waals surface area contributed by atoms with Crippen LogP contribution in [0.25, 0.3) is 0 Å². The Hall–Kier alpha value is -3.16. The van der Waals surface area contributed by atoms with Crippen molar-refractivity contribution in [2.75, 3.05) is 7.11 Å². The fraction of sp³-hybridized carbons (Fsp3) is 0.0769. The van der Waals surface area contributed by atoms with Crippen LogP contribution < -0.4 is 9.47 Å². The number of benzene rings is 1. The minimum Gasteiger partial charge on any atom is -0.490 e. The third-order valence-corrected chi connectivity index (χ3v) is 2.55. The smallest absolute Gasteiger partial charge is 0.352 e. The standard InChI is InChI=1S/C13H10N2O6/c1-20-10-3-2-4-11(12(10)15(18)19)21-9-5-8(13(16)17)6-14-7-9/h2-7H,1H3,(H,16,17). The van der Waals surface area contributed by atoms with Gasteiger partial charge < -0.3 is 14.6 Å². The van der Waals surface area contributed by atoms with E-state index < -0.39 is 10.9 Å². The van der Waals surface area contributed by atoms with Crippen LogP contribution in [-0.4, -0.2) is 28.1 Å². The van der Waals surface area contributed by atoms with Crippen LogP contribution in [0.2, 0.25) is 0 Å². The van der Waals surface area contributed by atoms with E-state index in [1.807, 2.05) is 0 Å². The molecule has 0 bridgehead atoms. The number of aromatic carboxylic acids is 1. The molecule has 0 radical (unpaired) electrons. The third kappa shape index (κ3) is 3.06. The number of rotatable bonds is 5. The Balaban J connectivity index is 2.42. The van der Waals surface area contributed by atoms with Crippen molar-refractivity contribution in [1.29, 1.82) is 0 Å². The molecule has 0 saturated carbocycles. The molecular formula is C13H10N2O6. The number of ether oxygens (including phenoxy) is 2. The minimum absolute atomic E-state index is 0.0415. The molecule has 0 saturated heterocycles. The van der Waals surface area contributed by atoms with Gasteiger partial charge in [0.2, 0.25) is 11.5 Å². The number of nitrogens with zero attached hydrogens (tertiary/aromatic N) is 2. The molecule has 8 nitrogen and oxygen atoms in total. The highest BCUT2D eigenvalue weighted by Crippen LogP contribution is 2.38. The maximum atomic E-state index is 11.1. The van der Waals surface area contributed by atoms with E-state index in [0.717, 1.165) is 6.20 Å². The molecule has 21 heavy (non-hydrogen) atoms. The number of carboxylic acids is 1. The lowest BCUT2D eigenvalue weighted by molar-refractivity contribution is -0.386. The normalized spacial score (nSPS) is 9.95. The average Bonchev–Trinajstić information content (AvgIpc) is 2.46. The third-order valence-electron chi connectivity index (χ3n) is 2.55. The van der Waals surface area contributed by atoms with Crippen LogP contribution in [0, 0.1) is 10.1 Å². The van der Waals surface area contributed by atoms with E-state index in [0.29, 0.717) is 0 Å². The molecule has 0 aliphatic rings. The molecule has 8 heteroatoms. The SMILES string of the molecule is COc1cccc(Oc2cncc(C(=O)O)c2)c1[N+](=O)[O-]. The lowest BCUT2D eigenvalue weighted by Crippen LogP contribution is -1.99. The summed E-state index contributed by atoms with van der Waals surface area (Å²) in [7, 11) is 1.30. The number of hydrogen-bond donors (Lipinski definition) is 1. The second-order valence-corrected chi connectivity index (χ2v) is 3.88. The van der Waals surface area contributed by atoms with E-state index in [2.05, 4.69) is 4.98 Å². The summed E-state index contributed by atoms with van der Waals surface area (Å²) in [6, 6.07) is 5.55. The second kappa shape index (κ2) is 5.87. The van der Waals surface area contributed by atoms with Gasteiger partial charge in [-0.05, 0) is 18.2 Å². The van der Waals surface area contributed by atoms with Gasteiger partial charge in [0.05, 0.1) is 23.8 Å². The molecule has 0 fully saturated rings. The molecule has 108 valence electrons. The van der Waals surface area contributed by atoms with Crippen LogP contribution in [0.5, 0.6) is 17.2 Å². The first-order valence-corrected chi connectivity index (χ1v) is 5.70. The number of carboxylic acid groups (broad SMARTS) is 1. The molecule has 0 atom stereocenters. The van der Waals surface area contributed by atoms with Gasteiger partial charge >= 0.3 is 11.7 Å². The number of nitro groups is 1. The number of aromatic nitrogens is 1. The summed E-state index contributed by atoms with van der Waals surface area (Å²) in [6.07, 6.45) is 2.41. The molecule has 2 aromatic rings. The molecule has 0 unspecified atom stereocenters. The van der Waals surface area contributed by atoms with Gasteiger partial charge in [-0.25, -0.2) is 4.79 Å². The summed E-state index contributed by atoms with van der Waals surface area (Å²) in [4.78, 5) is 25.0. The summed E-state index contributed by atoms with van der Waals surface area (Å²) >= 11 is 0. The number of carbonyl (C=O) groups is 1. The van der Waals surface area contributed by atoms with Crippen molar-refractivity contribution in [3.8, 4) is 17.2 Å². The molecule has 0 amide bonds. The number of nitro benzene ring substituents is 1. The number of hydrogen-bond acceptors (Lipinski definition) is 6. The van der Waals surface area contributed by atoms with Crippen molar-refractivity contribution in [2.45, 2.75) is 0 Å². The Kier molecular flexibility index (Phi) is 3.98. The van der Waals surface area contributed by atoms with Crippen LogP contribution in [0.4, 0.5) is 5.69 Å². The zero-order valence-corrected chi connectivity index (χ0v) is 10.8. The molecule has 0 aliphatic heterocycles. The molecule has 0 spiro atoms. The van der Waals surface area contributed by atoms with E-state index in [1.165, 1.54) is 37.6 Å². The molecular weight excluding hydrogens is 280 g/mol. The fourth-order valence-corrected chi connectivity index (χ4v) is 1.65. The maximum Gasteiger partial charge on any atom is 0.352 e. The van der Waals surface area contributed by atoms with Gasteiger partial charge in [-0.2, -0.15) is 0 Å². The lowest BCUT2D eigenvalue weighted by atomic mass is 10.2. The van der Waals surface area contributed by atoms with Crippen molar-refractivity contribution in [2.24, 2.45) is 0 Å². The van der Waals surface area contributed by atoms with Crippen molar-refractivity contribution >= 4 is 11.7 Å². The monoisotopic (exact) mass is 290 g/mol. The molecule has 1 aromatic carbocycles. The quantitative estimate of drug-likeness (QED) is 0.664. The Bertz CT molecular complexity index is 701. The first kappa shape index (κ1) is 14.3. The second-order valence-electron chi connectivity index (χ2n) is 3.88. The molecule has 2 rings (SSSR count). The van der Waals surface area contributed by atoms with E-state index in [9.17, 15) is 14.9 Å². The Morgan fingerprint density at radius 3 is 2.67 bits per heavy atom. The van der Waals surface area contributed by atoms with Gasteiger partial charge in [0.15, 0.2) is 0 Å². The Morgan fingerprint density at radius 1 is 1.33 bits per heavy atom. The summed E-state index contributed by atoms with van der Waals surface area (Å²) in [5.74, 6) is -1.12. The lowest BCUT2D eigenvalue weighted by Gasteiger charge is -2.08. The summed E-state index contributed by atoms with van der Waals surface area (Å²) < 4.78 is 10.3. The number of methoxy groups -OCH3 is 1. The first-order valence-electron chi connectivity index (χ1n) is 5.70. The highest BCUT2D eigenvalue weighted by Gasteiger charge is 2.22. The molecule has 0 aliphatic carbocycles. The Labute approximate surface area is 118 Å². The van der Waals surface area contributed by atoms with Crippen LogP contribution >= 0.6 is 0 Å². The van der Waals surface area contributed by atoms with Crippen LogP contribution in [0.1, 0.15) is 10.4 Å². The minimum atomic E-state index is -1.17. The van der Waals surface area contributed by atoms with Gasteiger partial charge in [0.1, 0.15) is 5.75 Å². The van der Waals surface area contributed by atoms with Gasteiger partial charge in [0.25, 0.3) is 0 Å². The van der Waals surface area contributed by atoms with Crippen LogP contribution in [0.3, 0.4) is 0 Å². The van der Waals surface area contributed by atoms with Crippen molar-refractivity contribution in [3.63, 3.8) is 0 Å². The zero-order chi connectivity index (χ0) is 15.4. The predicted octanol–water partition coefficient (Wildman–Crippen LogP) is 2.49. The van der Waals surface area contributed by atoms with E-state index in [1.54, 1.807) is 0 Å². The fourth-order valence-electron chi connectivity index (χ4n) is 1.65. The summed E-state index contributed by atoms with van der Waals surface area (Å²) in [6.45, 7) is 0. The van der Waals surface area contributed by atoms with Gasteiger partial charge in [-0.3, -0.25) is 15.1 Å². The Morgan fingerprint density at radius 2 is 2.05 bits per heavy atom. The first-order chi connectivity index (χ1) is 10.0. The number of para-hydroxylation sites is 1. The van der Waals surface area contributed by atoms with Gasteiger partial charge in [0, 0.05) is 6.20 Å². The van der Waals surface area contributed by atoms with Crippen molar-refractivity contribution < 1.29 is 24.3 Å². The molecule has 1 heterocycles. The predicted molar refractivity (Wildman–Crippen MR) is 70.9 cm³/mol. The van der Waals surface area contributed by atoms with Crippen LogP contribution in [0.15, 0.2) is 36.7 Å². The maximum absolute atomic E-state index is 11.1. The van der Waals surface area contributed by atoms with Crippen molar-refractivity contribution in [1.82, 2.24) is 4.98 Å². The highest BCUT2D eigenvalue weighted by atomic mass is 16.6. The molecule has 1 N–H and O–H groups in total. The van der Waals surface area contributed by atoms with E-state index in [4.69, 9.17) is 14.6 Å². The summed E-state index contributed by atoms with van der Waals surface area (Å²) in [5, 5.41) is 20.0. The van der Waals surface area contributed by atoms with Gasteiger partial charge in [-0.1, -0.05) is 6.07 Å². The zero-order valence-electron chi connectivity index (χ0n) is 10.8. The molecule has 1 aromatic heterocycles. The van der Waals surface area contributed by atoms with E-state index >= 15 is 0 Å². The van der Waals surface area contributed by atoms with Crippen molar-refractivity contribution in [3.05, 3.63) is 52.3 Å².